The van der Waals surface area contributed by atoms with Crippen LogP contribution in [0.4, 0.5) is 0 Å². The molecule has 2 aliphatic heterocycles. The van der Waals surface area contributed by atoms with Crippen LogP contribution in [0.5, 0.6) is 0 Å². The average molecular weight is 197 g/mol. The molecule has 2 atom stereocenters. The molecule has 14 heavy (non-hydrogen) atoms. The van der Waals surface area contributed by atoms with Crippen molar-refractivity contribution >= 4 is 11.9 Å². The molecule has 0 saturated carbocycles. The topological polar surface area (TPSA) is 46.6 Å². The smallest absolute Gasteiger partial charge is 0.302 e. The van der Waals surface area contributed by atoms with Crippen LogP contribution in [0.3, 0.4) is 0 Å². The fourth-order valence-electron chi connectivity index (χ4n) is 2.46. The first-order valence-electron chi connectivity index (χ1n) is 5.11. The quantitative estimate of drug-likeness (QED) is 0.608. The Balaban J connectivity index is 1.93. The fourth-order valence-corrected chi connectivity index (χ4v) is 2.46. The van der Waals surface area contributed by atoms with E-state index in [1.54, 1.807) is 0 Å². The van der Waals surface area contributed by atoms with Crippen LogP contribution >= 0.6 is 0 Å². The number of nitrogens with zero attached hydrogens (tertiary/aromatic N) is 1. The van der Waals surface area contributed by atoms with Crippen molar-refractivity contribution in [3.63, 3.8) is 0 Å². The Kier molecular flexibility index (Phi) is 2.44. The lowest BCUT2D eigenvalue weighted by molar-refractivity contribution is -0.142. The third-order valence-electron chi connectivity index (χ3n) is 3.10. The van der Waals surface area contributed by atoms with E-state index in [1.807, 2.05) is 4.90 Å². The molecule has 2 saturated heterocycles. The summed E-state index contributed by atoms with van der Waals surface area (Å²) in [5.41, 5.74) is 0. The lowest BCUT2D eigenvalue weighted by Crippen LogP contribution is -2.30. The molecule has 0 N–H and O–H groups in total. The van der Waals surface area contributed by atoms with E-state index >= 15 is 0 Å². The molecular formula is C10H15NO3. The van der Waals surface area contributed by atoms with Crippen molar-refractivity contribution < 1.29 is 14.3 Å². The second-order valence-electron chi connectivity index (χ2n) is 4.06. The first-order valence-corrected chi connectivity index (χ1v) is 5.11. The molecule has 1 amide bonds. The van der Waals surface area contributed by atoms with Gasteiger partial charge in [0.1, 0.15) is 0 Å². The number of esters is 1. The highest BCUT2D eigenvalue weighted by Crippen LogP contribution is 2.33. The Morgan fingerprint density at radius 1 is 1.64 bits per heavy atom. The molecule has 2 aliphatic rings. The molecule has 2 heterocycles. The van der Waals surface area contributed by atoms with E-state index in [1.165, 1.54) is 6.92 Å². The van der Waals surface area contributed by atoms with E-state index in [0.29, 0.717) is 19.1 Å². The van der Waals surface area contributed by atoms with Gasteiger partial charge in [-0.25, -0.2) is 0 Å². The fraction of sp³-hybridized carbons (Fsp3) is 0.800. The summed E-state index contributed by atoms with van der Waals surface area (Å²) in [4.78, 5) is 24.1. The first kappa shape index (κ1) is 9.49. The molecule has 4 heteroatoms. The highest BCUT2D eigenvalue weighted by atomic mass is 16.5. The zero-order valence-electron chi connectivity index (χ0n) is 8.36. The van der Waals surface area contributed by atoms with Crippen LogP contribution in [-0.4, -0.2) is 36.0 Å². The van der Waals surface area contributed by atoms with Crippen molar-refractivity contribution in [3.8, 4) is 0 Å². The molecule has 78 valence electrons. The van der Waals surface area contributed by atoms with Crippen molar-refractivity contribution in [3.05, 3.63) is 0 Å². The van der Waals surface area contributed by atoms with Gasteiger partial charge < -0.3 is 9.64 Å². The molecule has 0 aromatic carbocycles. The molecule has 2 rings (SSSR count). The van der Waals surface area contributed by atoms with Gasteiger partial charge in [0.05, 0.1) is 6.61 Å². The number of hydrogen-bond acceptors (Lipinski definition) is 3. The van der Waals surface area contributed by atoms with E-state index in [9.17, 15) is 9.59 Å². The summed E-state index contributed by atoms with van der Waals surface area (Å²) in [6.45, 7) is 2.70. The van der Waals surface area contributed by atoms with Crippen LogP contribution in [-0.2, 0) is 14.3 Å². The van der Waals surface area contributed by atoms with E-state index < -0.39 is 0 Å². The summed E-state index contributed by atoms with van der Waals surface area (Å²) in [6.07, 6.45) is 2.71. The Morgan fingerprint density at radius 3 is 3.14 bits per heavy atom. The predicted molar refractivity (Wildman–Crippen MR) is 49.5 cm³/mol. The molecule has 4 nitrogen and oxygen atoms in total. The third kappa shape index (κ3) is 1.61. The summed E-state index contributed by atoms with van der Waals surface area (Å²) in [5.74, 6) is 0.201. The van der Waals surface area contributed by atoms with Crippen molar-refractivity contribution in [2.75, 3.05) is 13.2 Å². The second-order valence-corrected chi connectivity index (χ2v) is 4.06. The number of rotatable bonds is 2. The maximum Gasteiger partial charge on any atom is 0.302 e. The Bertz CT molecular complexity index is 264. The molecule has 0 spiro atoms. The van der Waals surface area contributed by atoms with Gasteiger partial charge in [-0.2, -0.15) is 0 Å². The van der Waals surface area contributed by atoms with Crippen molar-refractivity contribution in [2.45, 2.75) is 32.2 Å². The van der Waals surface area contributed by atoms with E-state index in [2.05, 4.69) is 0 Å². The van der Waals surface area contributed by atoms with Gasteiger partial charge in [-0.3, -0.25) is 9.59 Å². The maximum atomic E-state index is 11.5. The van der Waals surface area contributed by atoms with Crippen molar-refractivity contribution in [1.82, 2.24) is 4.90 Å². The second kappa shape index (κ2) is 3.59. The minimum absolute atomic E-state index is 0.227. The molecule has 0 aromatic rings. The first-order chi connectivity index (χ1) is 6.68. The van der Waals surface area contributed by atoms with E-state index in [-0.39, 0.29) is 17.8 Å². The van der Waals surface area contributed by atoms with Crippen molar-refractivity contribution in [1.29, 1.82) is 0 Å². The number of amides is 1. The number of carbonyl (C=O) groups is 2. The summed E-state index contributed by atoms with van der Waals surface area (Å²) < 4.78 is 4.96. The highest BCUT2D eigenvalue weighted by Gasteiger charge is 2.42. The van der Waals surface area contributed by atoms with Gasteiger partial charge in [-0.1, -0.05) is 0 Å². The summed E-state index contributed by atoms with van der Waals surface area (Å²) in [7, 11) is 0. The highest BCUT2D eigenvalue weighted by molar-refractivity contribution is 5.79. The van der Waals surface area contributed by atoms with Gasteiger partial charge >= 0.3 is 5.97 Å². The van der Waals surface area contributed by atoms with E-state index in [0.717, 1.165) is 19.4 Å². The molecule has 2 fully saturated rings. The molecule has 0 bridgehead atoms. The number of ether oxygens (including phenoxy) is 1. The Labute approximate surface area is 83.2 Å². The van der Waals surface area contributed by atoms with Crippen LogP contribution < -0.4 is 0 Å². The standard InChI is InChI=1S/C10H15NO3/c1-7(12)14-6-8-5-10(13)11-4-2-3-9(8)11/h8-9H,2-6H2,1H3/t8-,9+/m1/s1. The minimum Gasteiger partial charge on any atom is -0.465 e. The zero-order chi connectivity index (χ0) is 10.1. The molecule has 0 aromatic heterocycles. The maximum absolute atomic E-state index is 11.5. The number of hydrogen-bond donors (Lipinski definition) is 0. The Hall–Kier alpha value is -1.06. The van der Waals surface area contributed by atoms with Crippen molar-refractivity contribution in [2.24, 2.45) is 5.92 Å². The number of fused-ring (bicyclic) bond motifs is 1. The van der Waals surface area contributed by atoms with Gasteiger partial charge in [0.25, 0.3) is 0 Å². The Morgan fingerprint density at radius 2 is 2.43 bits per heavy atom. The van der Waals surface area contributed by atoms with Crippen LogP contribution in [0.2, 0.25) is 0 Å². The summed E-state index contributed by atoms with van der Waals surface area (Å²) in [5, 5.41) is 0. The minimum atomic E-state index is -0.256. The molecule has 0 radical (unpaired) electrons. The van der Waals surface area contributed by atoms with Gasteiger partial charge in [-0.15, -0.1) is 0 Å². The van der Waals surface area contributed by atoms with Gasteiger partial charge in [0.15, 0.2) is 0 Å². The molecular weight excluding hydrogens is 182 g/mol. The molecule has 0 aliphatic carbocycles. The lowest BCUT2D eigenvalue weighted by atomic mass is 9.99. The SMILES string of the molecule is CC(=O)OC[C@H]1CC(=O)N2CCC[C@@H]12. The summed E-state index contributed by atoms with van der Waals surface area (Å²) in [6, 6.07) is 0.335. The van der Waals surface area contributed by atoms with Gasteiger partial charge in [0, 0.05) is 31.8 Å². The third-order valence-corrected chi connectivity index (χ3v) is 3.10. The monoisotopic (exact) mass is 197 g/mol. The van der Waals surface area contributed by atoms with Crippen LogP contribution in [0.15, 0.2) is 0 Å². The number of carbonyl (C=O) groups excluding carboxylic acids is 2. The van der Waals surface area contributed by atoms with Crippen LogP contribution in [0.1, 0.15) is 26.2 Å². The molecule has 0 unspecified atom stereocenters. The van der Waals surface area contributed by atoms with Gasteiger partial charge in [-0.05, 0) is 12.8 Å². The van der Waals surface area contributed by atoms with E-state index in [4.69, 9.17) is 4.74 Å². The summed E-state index contributed by atoms with van der Waals surface area (Å²) >= 11 is 0. The van der Waals surface area contributed by atoms with Crippen LogP contribution in [0, 0.1) is 5.92 Å². The van der Waals surface area contributed by atoms with Crippen LogP contribution in [0.25, 0.3) is 0 Å². The predicted octanol–water partition coefficient (Wildman–Crippen LogP) is 0.560. The lowest BCUT2D eigenvalue weighted by Gasteiger charge is -2.19. The van der Waals surface area contributed by atoms with Gasteiger partial charge in [0.2, 0.25) is 5.91 Å². The average Bonchev–Trinajstić information content (AvgIpc) is 2.67. The largest absolute Gasteiger partial charge is 0.465 e. The normalized spacial score (nSPS) is 30.6. The zero-order valence-corrected chi connectivity index (χ0v) is 8.36.